The van der Waals surface area contributed by atoms with Gasteiger partial charge < -0.3 is 5.11 Å². The molecule has 0 radical (unpaired) electrons. The van der Waals surface area contributed by atoms with E-state index in [9.17, 15) is 5.11 Å². The third kappa shape index (κ3) is 12.0. The summed E-state index contributed by atoms with van der Waals surface area (Å²) in [5.74, 6) is 0.396. The van der Waals surface area contributed by atoms with Crippen molar-refractivity contribution >= 4 is 42.9 Å². The van der Waals surface area contributed by atoms with E-state index in [-0.39, 0.29) is 24.8 Å². The van der Waals surface area contributed by atoms with E-state index in [1.165, 1.54) is 10.8 Å². The molecule has 0 aliphatic heterocycles. The van der Waals surface area contributed by atoms with Crippen LogP contribution in [0.5, 0.6) is 5.75 Å². The number of aryl methyl sites for hydroxylation is 1. The van der Waals surface area contributed by atoms with Crippen molar-refractivity contribution in [3.63, 3.8) is 0 Å². The van der Waals surface area contributed by atoms with E-state index in [0.717, 1.165) is 12.0 Å². The summed E-state index contributed by atoms with van der Waals surface area (Å²) >= 11 is 1.75. The summed E-state index contributed by atoms with van der Waals surface area (Å²) in [6, 6.07) is 5.86. The molecule has 0 spiro atoms. The molecule has 0 amide bonds. The first kappa shape index (κ1) is 29.6. The van der Waals surface area contributed by atoms with Crippen LogP contribution in [0.15, 0.2) is 35.9 Å². The summed E-state index contributed by atoms with van der Waals surface area (Å²) in [7, 11) is -1.26. The molecule has 25 heavy (non-hydrogen) atoms. The van der Waals surface area contributed by atoms with Crippen LogP contribution in [-0.2, 0) is 20.0 Å². The fourth-order valence-corrected chi connectivity index (χ4v) is 3.36. The van der Waals surface area contributed by atoms with Crippen molar-refractivity contribution in [3.8, 4) is 5.75 Å². The zero-order chi connectivity index (χ0) is 18.3. The van der Waals surface area contributed by atoms with Crippen LogP contribution in [0.2, 0.25) is 19.6 Å². The van der Waals surface area contributed by atoms with Crippen LogP contribution in [0.3, 0.4) is 0 Å². The number of hydrogen-bond acceptors (Lipinski definition) is 1. The van der Waals surface area contributed by atoms with E-state index in [0.29, 0.717) is 11.2 Å². The Balaban J connectivity index is -0.000000336. The zero-order valence-corrected chi connectivity index (χ0v) is 20.8. The molecule has 141 valence electrons. The molecule has 0 bridgehead atoms. The number of halogens is 2. The molecule has 5 heteroatoms. The molecule has 0 saturated heterocycles. The average molecular weight is 436 g/mol. The third-order valence-electron chi connectivity index (χ3n) is 3.43. The van der Waals surface area contributed by atoms with Crippen molar-refractivity contribution in [2.45, 2.75) is 53.8 Å². The van der Waals surface area contributed by atoms with Crippen LogP contribution in [0, 0.1) is 18.4 Å². The summed E-state index contributed by atoms with van der Waals surface area (Å²) < 4.78 is 0. The maximum absolute atomic E-state index is 9.38. The van der Waals surface area contributed by atoms with E-state index in [2.05, 4.69) is 69.5 Å². The average Bonchev–Trinajstić information content (AvgIpc) is 2.93. The zero-order valence-electron chi connectivity index (χ0n) is 16.6. The Morgan fingerprint density at radius 3 is 1.88 bits per heavy atom. The monoisotopic (exact) mass is 435 g/mol. The Hall–Kier alpha value is -0.119. The van der Waals surface area contributed by atoms with E-state index in [1.54, 1.807) is 26.0 Å². The molecular weight excluding hydrogens is 403 g/mol. The SMILES string of the molecule is CC(C)(C)C1=[C-]CC=C1.Cc1cc(O)cc([Si](C)(C)C)c1.Cl.Cl.[CH2]=[Ti+]. The minimum atomic E-state index is -1.26. The summed E-state index contributed by atoms with van der Waals surface area (Å²) in [5.41, 5.74) is 2.79. The Labute approximate surface area is 179 Å². The fraction of sp³-hybridized carbons (Fsp3) is 0.450. The van der Waals surface area contributed by atoms with Gasteiger partial charge in [-0.15, -0.1) is 31.2 Å². The van der Waals surface area contributed by atoms with Crippen molar-refractivity contribution in [1.29, 1.82) is 0 Å². The number of phenols is 1. The standard InChI is InChI=1S/C10H16OSi.C9H13.CH2.2ClH.Ti/c1-8-5-9(11)7-10(6-8)12(2,3)4;1-9(2,3)8-6-4-5-7-8;;;;/h5-7,11H,1-4H3;4,6H,5H2,1-3H3;1H2;2*1H;/q;-1;;;;+1. The van der Waals surface area contributed by atoms with Gasteiger partial charge in [0.05, 0.1) is 8.07 Å². The normalized spacial score (nSPS) is 12.4. The van der Waals surface area contributed by atoms with Crippen LogP contribution in [0.4, 0.5) is 0 Å². The van der Waals surface area contributed by atoms with Gasteiger partial charge in [-0.3, -0.25) is 6.08 Å². The molecule has 1 aromatic rings. The number of allylic oxidation sites excluding steroid dienone is 4. The molecule has 2 rings (SSSR count). The van der Waals surface area contributed by atoms with E-state index < -0.39 is 8.07 Å². The quantitative estimate of drug-likeness (QED) is 0.437. The van der Waals surface area contributed by atoms with Gasteiger partial charge in [-0.25, -0.2) is 11.6 Å². The van der Waals surface area contributed by atoms with Gasteiger partial charge in [0.2, 0.25) is 0 Å². The number of rotatable bonds is 1. The third-order valence-corrected chi connectivity index (χ3v) is 5.45. The molecule has 0 unspecified atom stereocenters. The second-order valence-corrected chi connectivity index (χ2v) is 12.8. The van der Waals surface area contributed by atoms with Gasteiger partial charge in [-0.2, -0.15) is 6.08 Å². The summed E-state index contributed by atoms with van der Waals surface area (Å²) in [4.78, 5) is 3.25. The molecule has 1 aromatic carbocycles. The van der Waals surface area contributed by atoms with Crippen LogP contribution in [-0.4, -0.2) is 18.0 Å². The van der Waals surface area contributed by atoms with Crippen LogP contribution in [0.25, 0.3) is 0 Å². The Morgan fingerprint density at radius 1 is 1.08 bits per heavy atom. The molecule has 0 fully saturated rings. The number of phenolic OH excluding ortho intramolecular Hbond substituents is 1. The Kier molecular flexibility index (Phi) is 15.5. The summed E-state index contributed by atoms with van der Waals surface area (Å²) in [5, 5.41) is 10.7. The van der Waals surface area contributed by atoms with Crippen molar-refractivity contribution < 1.29 is 25.1 Å². The van der Waals surface area contributed by atoms with Gasteiger partial charge in [0.25, 0.3) is 0 Å². The summed E-state index contributed by atoms with van der Waals surface area (Å²) in [6.45, 7) is 15.5. The molecule has 0 heterocycles. The molecule has 1 aliphatic rings. The van der Waals surface area contributed by atoms with E-state index in [4.69, 9.17) is 0 Å². The minimum absolute atomic E-state index is 0. The first-order valence-electron chi connectivity index (χ1n) is 7.94. The Morgan fingerprint density at radius 2 is 1.60 bits per heavy atom. The summed E-state index contributed by atoms with van der Waals surface area (Å²) in [6.07, 6.45) is 8.63. The predicted molar refractivity (Wildman–Crippen MR) is 117 cm³/mol. The van der Waals surface area contributed by atoms with Crippen molar-refractivity contribution in [2.75, 3.05) is 0 Å². The van der Waals surface area contributed by atoms with Gasteiger partial charge in [0.15, 0.2) is 0 Å². The van der Waals surface area contributed by atoms with Crippen molar-refractivity contribution in [3.05, 3.63) is 47.6 Å². The van der Waals surface area contributed by atoms with Gasteiger partial charge in [-0.1, -0.05) is 51.7 Å². The molecule has 0 atom stereocenters. The number of hydrogen-bond donors (Lipinski definition) is 1. The topological polar surface area (TPSA) is 20.2 Å². The van der Waals surface area contributed by atoms with Crippen LogP contribution in [0.1, 0.15) is 32.8 Å². The first-order valence-corrected chi connectivity index (χ1v) is 12.5. The van der Waals surface area contributed by atoms with Crippen molar-refractivity contribution in [2.24, 2.45) is 5.41 Å². The molecule has 1 nitrogen and oxygen atoms in total. The molecule has 0 aromatic heterocycles. The number of aromatic hydroxyl groups is 1. The van der Waals surface area contributed by atoms with Crippen molar-refractivity contribution in [1.82, 2.24) is 0 Å². The maximum atomic E-state index is 9.38. The van der Waals surface area contributed by atoms with Gasteiger partial charge >= 0.3 is 24.8 Å². The number of benzene rings is 1. The van der Waals surface area contributed by atoms with E-state index >= 15 is 0 Å². The molecule has 1 aliphatic carbocycles. The second-order valence-electron chi connectivity index (χ2n) is 7.75. The molecule has 0 saturated carbocycles. The second kappa shape index (κ2) is 13.1. The fourth-order valence-electron chi connectivity index (χ4n) is 2.12. The van der Waals surface area contributed by atoms with E-state index in [1.807, 2.05) is 13.0 Å². The van der Waals surface area contributed by atoms with Gasteiger partial charge in [0, 0.05) is 0 Å². The van der Waals surface area contributed by atoms with Gasteiger partial charge in [0.1, 0.15) is 5.75 Å². The Bertz CT molecular complexity index is 550. The molecule has 1 N–H and O–H groups in total. The molecular formula is C20H33Cl2OSiTi. The predicted octanol–water partition coefficient (Wildman–Crippen LogP) is 5.78. The van der Waals surface area contributed by atoms with Gasteiger partial charge in [-0.05, 0) is 30.0 Å². The van der Waals surface area contributed by atoms with Crippen LogP contribution < -0.4 is 5.19 Å². The van der Waals surface area contributed by atoms with Crippen LogP contribution >= 0.6 is 24.8 Å². The first-order chi connectivity index (χ1) is 10.5.